The van der Waals surface area contributed by atoms with Crippen LogP contribution >= 0.6 is 0 Å². The highest BCUT2D eigenvalue weighted by molar-refractivity contribution is 5.71. The van der Waals surface area contributed by atoms with E-state index in [4.69, 9.17) is 4.74 Å². The van der Waals surface area contributed by atoms with Crippen molar-refractivity contribution in [1.29, 1.82) is 0 Å². The third kappa shape index (κ3) is 5.58. The Morgan fingerprint density at radius 3 is 1.86 bits per heavy atom. The second-order valence-electron chi connectivity index (χ2n) is 8.88. The topological polar surface area (TPSA) is 18.5 Å². The first kappa shape index (κ1) is 26.9. The second kappa shape index (κ2) is 10.3. The molecule has 0 saturated heterocycles. The van der Waals surface area contributed by atoms with E-state index < -0.39 is 29.7 Å². The van der Waals surface area contributed by atoms with Gasteiger partial charge in [-0.3, -0.25) is 0 Å². The van der Waals surface area contributed by atoms with Gasteiger partial charge in [0.05, 0.1) is 6.10 Å². The Balaban J connectivity index is 1.53. The van der Waals surface area contributed by atoms with E-state index >= 15 is 0 Å². The lowest BCUT2D eigenvalue weighted by molar-refractivity contribution is -0.361. The minimum atomic E-state index is -6.11. The van der Waals surface area contributed by atoms with Gasteiger partial charge < -0.3 is 9.47 Å². The Kier molecular flexibility index (Phi) is 7.50. The van der Waals surface area contributed by atoms with E-state index in [1.807, 2.05) is 0 Å². The number of methoxy groups -OCH3 is 1. The summed E-state index contributed by atoms with van der Waals surface area (Å²) < 4.78 is 116. The molecule has 0 amide bonds. The van der Waals surface area contributed by atoms with E-state index in [0.29, 0.717) is 22.8 Å². The molecule has 0 radical (unpaired) electrons. The summed E-state index contributed by atoms with van der Waals surface area (Å²) in [5, 5.41) is 0. The molecule has 3 aromatic carbocycles. The third-order valence-electron chi connectivity index (χ3n) is 6.59. The van der Waals surface area contributed by atoms with Crippen molar-refractivity contribution in [2.75, 3.05) is 7.11 Å². The summed E-state index contributed by atoms with van der Waals surface area (Å²) in [6, 6.07) is 12.1. The number of ether oxygens (including phenoxy) is 2. The van der Waals surface area contributed by atoms with Crippen molar-refractivity contribution in [3.8, 4) is 28.0 Å². The average molecular weight is 530 g/mol. The predicted octanol–water partition coefficient (Wildman–Crippen LogP) is 8.64. The van der Waals surface area contributed by atoms with Crippen LogP contribution in [-0.4, -0.2) is 25.5 Å². The zero-order chi connectivity index (χ0) is 27.0. The number of benzene rings is 3. The minimum absolute atomic E-state index is 0.101. The summed E-state index contributed by atoms with van der Waals surface area (Å²) in [5.41, 5.74) is 1.53. The number of hydrogen-bond acceptors (Lipinski definition) is 2. The van der Waals surface area contributed by atoms with Gasteiger partial charge in [0, 0.05) is 12.7 Å². The average Bonchev–Trinajstić information content (AvgIpc) is 2.86. The van der Waals surface area contributed by atoms with Crippen molar-refractivity contribution in [3.05, 3.63) is 77.6 Å². The van der Waals surface area contributed by atoms with Gasteiger partial charge in [-0.05, 0) is 72.1 Å². The summed E-state index contributed by atoms with van der Waals surface area (Å²) in [5.74, 6) is -5.46. The van der Waals surface area contributed by atoms with Crippen LogP contribution in [0.2, 0.25) is 0 Å². The maximum absolute atomic E-state index is 14.9. The van der Waals surface area contributed by atoms with E-state index in [1.54, 1.807) is 19.2 Å². The van der Waals surface area contributed by atoms with Crippen LogP contribution in [0.5, 0.6) is 5.75 Å². The monoisotopic (exact) mass is 530 g/mol. The molecule has 3 aromatic rings. The van der Waals surface area contributed by atoms with Crippen molar-refractivity contribution in [3.63, 3.8) is 0 Å². The lowest BCUT2D eigenvalue weighted by atomic mass is 9.82. The molecule has 0 aromatic heterocycles. The van der Waals surface area contributed by atoms with Gasteiger partial charge in [0.15, 0.2) is 11.6 Å². The Labute approximate surface area is 207 Å². The van der Waals surface area contributed by atoms with Gasteiger partial charge >= 0.3 is 12.3 Å². The summed E-state index contributed by atoms with van der Waals surface area (Å²) in [4.78, 5) is 0. The Morgan fingerprint density at radius 2 is 1.30 bits per heavy atom. The number of rotatable bonds is 6. The highest BCUT2D eigenvalue weighted by Crippen LogP contribution is 2.40. The fourth-order valence-electron chi connectivity index (χ4n) is 4.52. The maximum atomic E-state index is 14.9. The second-order valence-corrected chi connectivity index (χ2v) is 8.88. The molecule has 1 aliphatic rings. The highest BCUT2D eigenvalue weighted by atomic mass is 19.4. The van der Waals surface area contributed by atoms with Gasteiger partial charge in [-0.1, -0.05) is 36.4 Å². The number of hydrogen-bond donors (Lipinski definition) is 0. The maximum Gasteiger partial charge on any atom is 0.499 e. The molecule has 0 bridgehead atoms. The van der Waals surface area contributed by atoms with Crippen molar-refractivity contribution < 1.29 is 44.6 Å². The van der Waals surface area contributed by atoms with Crippen LogP contribution in [-0.2, 0) is 4.74 Å². The zero-order valence-electron chi connectivity index (χ0n) is 19.5. The summed E-state index contributed by atoms with van der Waals surface area (Å²) in [7, 11) is 1.67. The lowest BCUT2D eigenvalue weighted by Crippen LogP contribution is -2.42. The molecule has 37 heavy (non-hydrogen) atoms. The summed E-state index contributed by atoms with van der Waals surface area (Å²) >= 11 is 0. The van der Waals surface area contributed by atoms with E-state index in [1.165, 1.54) is 30.3 Å². The smallest absolute Gasteiger partial charge is 0.423 e. The molecule has 4 rings (SSSR count). The molecule has 1 fully saturated rings. The predicted molar refractivity (Wildman–Crippen MR) is 121 cm³/mol. The van der Waals surface area contributed by atoms with E-state index in [2.05, 4.69) is 4.74 Å². The first-order chi connectivity index (χ1) is 17.4. The van der Waals surface area contributed by atoms with Gasteiger partial charge in [-0.25, -0.2) is 8.78 Å². The number of halogens is 8. The normalized spacial score (nSPS) is 18.6. The van der Waals surface area contributed by atoms with Crippen LogP contribution in [0, 0.1) is 17.5 Å². The molecule has 0 heterocycles. The van der Waals surface area contributed by atoms with Crippen LogP contribution in [0.4, 0.5) is 35.1 Å². The Bertz CT molecular complexity index is 1250. The van der Waals surface area contributed by atoms with E-state index in [0.717, 1.165) is 31.7 Å². The summed E-state index contributed by atoms with van der Waals surface area (Å²) in [6.45, 7) is 0. The van der Waals surface area contributed by atoms with Gasteiger partial charge in [0.25, 0.3) is 0 Å². The molecule has 0 N–H and O–H groups in total. The van der Waals surface area contributed by atoms with Gasteiger partial charge in [0.1, 0.15) is 5.82 Å². The Morgan fingerprint density at radius 1 is 0.703 bits per heavy atom. The quantitative estimate of drug-likeness (QED) is 0.297. The standard InChI is InChI=1S/C27H22F8O2/c1-36-19-9-6-16(7-10-19)20-11-8-18(14-22(20)28)15-2-4-17(5-3-15)21-12-13-23(25(30)24(21)29)37-27(34,35)26(31,32)33/h2-5,8,11-14,16,19H,6-7,9-10H2,1H3. The van der Waals surface area contributed by atoms with Crippen molar-refractivity contribution in [2.45, 2.75) is 50.0 Å². The molecule has 1 saturated carbocycles. The molecule has 0 atom stereocenters. The minimum Gasteiger partial charge on any atom is -0.423 e. The first-order valence-electron chi connectivity index (χ1n) is 11.5. The van der Waals surface area contributed by atoms with Gasteiger partial charge in [0.2, 0.25) is 5.82 Å². The molecular weight excluding hydrogens is 508 g/mol. The van der Waals surface area contributed by atoms with Crippen LogP contribution in [0.15, 0.2) is 54.6 Å². The molecule has 0 unspecified atom stereocenters. The molecule has 10 heteroatoms. The van der Waals surface area contributed by atoms with Crippen molar-refractivity contribution in [2.24, 2.45) is 0 Å². The van der Waals surface area contributed by atoms with Crippen LogP contribution in [0.1, 0.15) is 37.2 Å². The van der Waals surface area contributed by atoms with Crippen LogP contribution in [0.25, 0.3) is 22.3 Å². The number of alkyl halides is 5. The van der Waals surface area contributed by atoms with Gasteiger partial charge in [-0.2, -0.15) is 26.3 Å². The molecule has 0 spiro atoms. The highest BCUT2D eigenvalue weighted by Gasteiger charge is 2.61. The third-order valence-corrected chi connectivity index (χ3v) is 6.59. The van der Waals surface area contributed by atoms with Crippen LogP contribution < -0.4 is 4.74 Å². The molecule has 2 nitrogen and oxygen atoms in total. The Hall–Kier alpha value is -3.14. The molecule has 198 valence electrons. The van der Waals surface area contributed by atoms with E-state index in [-0.39, 0.29) is 29.0 Å². The molecular formula is C27H22F8O2. The SMILES string of the molecule is COC1CCC(c2ccc(-c3ccc(-c4ccc(OC(F)(F)C(F)(F)F)c(F)c4F)cc3)cc2F)CC1. The van der Waals surface area contributed by atoms with Crippen molar-refractivity contribution in [1.82, 2.24) is 0 Å². The lowest BCUT2D eigenvalue weighted by Gasteiger charge is -2.28. The first-order valence-corrected chi connectivity index (χ1v) is 11.5. The fourth-order valence-corrected chi connectivity index (χ4v) is 4.52. The van der Waals surface area contributed by atoms with E-state index in [9.17, 15) is 35.1 Å². The molecule has 0 aliphatic heterocycles. The molecule has 1 aliphatic carbocycles. The summed E-state index contributed by atoms with van der Waals surface area (Å²) in [6.07, 6.45) is -8.24. The largest absolute Gasteiger partial charge is 0.499 e. The zero-order valence-corrected chi connectivity index (χ0v) is 19.5. The van der Waals surface area contributed by atoms with Crippen molar-refractivity contribution >= 4 is 0 Å². The van der Waals surface area contributed by atoms with Crippen LogP contribution in [0.3, 0.4) is 0 Å². The fraction of sp³-hybridized carbons (Fsp3) is 0.333. The van der Waals surface area contributed by atoms with Gasteiger partial charge in [-0.15, -0.1) is 0 Å².